The number of aryl methyl sites for hydroxylation is 1. The van der Waals surface area contributed by atoms with Crippen molar-refractivity contribution < 1.29 is 5.11 Å². The van der Waals surface area contributed by atoms with Gasteiger partial charge in [0, 0.05) is 6.54 Å². The van der Waals surface area contributed by atoms with Gasteiger partial charge >= 0.3 is 0 Å². The molecule has 0 aliphatic rings. The van der Waals surface area contributed by atoms with E-state index in [-0.39, 0.29) is 6.10 Å². The lowest BCUT2D eigenvalue weighted by Crippen LogP contribution is -2.23. The third kappa shape index (κ3) is 6.22. The van der Waals surface area contributed by atoms with E-state index in [0.29, 0.717) is 0 Å². The van der Waals surface area contributed by atoms with Crippen molar-refractivity contribution in [3.63, 3.8) is 0 Å². The minimum Gasteiger partial charge on any atom is -0.388 e. The molecule has 0 amide bonds. The molecule has 0 aliphatic heterocycles. The highest BCUT2D eigenvalue weighted by Gasteiger charge is 2.10. The molecular weight excluding hydrogens is 234 g/mol. The Morgan fingerprint density at radius 1 is 1.11 bits per heavy atom. The summed E-state index contributed by atoms with van der Waals surface area (Å²) in [6, 6.07) is 8.10. The van der Waals surface area contributed by atoms with Crippen molar-refractivity contribution in [3.05, 3.63) is 35.4 Å². The maximum Gasteiger partial charge on any atom is 0.0804 e. The first kappa shape index (κ1) is 16.2. The molecule has 19 heavy (non-hydrogen) atoms. The number of benzene rings is 1. The van der Waals surface area contributed by atoms with E-state index in [1.54, 1.807) is 0 Å². The average molecular weight is 263 g/mol. The summed E-state index contributed by atoms with van der Waals surface area (Å²) in [4.78, 5) is 2.32. The Bertz CT molecular complexity index is 362. The molecule has 0 aliphatic carbocycles. The summed E-state index contributed by atoms with van der Waals surface area (Å²) >= 11 is 0. The van der Waals surface area contributed by atoms with E-state index in [4.69, 9.17) is 0 Å². The van der Waals surface area contributed by atoms with E-state index < -0.39 is 0 Å². The molecule has 1 N–H and O–H groups in total. The highest BCUT2D eigenvalue weighted by atomic mass is 16.3. The SMILES string of the molecule is Cc1ccccc1C(O)CCN(C)CCCC(C)C. The average Bonchev–Trinajstić information content (AvgIpc) is 2.36. The zero-order chi connectivity index (χ0) is 14.3. The minimum atomic E-state index is -0.339. The van der Waals surface area contributed by atoms with Gasteiger partial charge in [-0.3, -0.25) is 0 Å². The topological polar surface area (TPSA) is 23.5 Å². The molecule has 1 rings (SSSR count). The number of hydrogen-bond donors (Lipinski definition) is 1. The van der Waals surface area contributed by atoms with Crippen LogP contribution >= 0.6 is 0 Å². The lowest BCUT2D eigenvalue weighted by Gasteiger charge is -2.20. The largest absolute Gasteiger partial charge is 0.388 e. The van der Waals surface area contributed by atoms with Crippen LogP contribution in [0, 0.1) is 12.8 Å². The summed E-state index contributed by atoms with van der Waals surface area (Å²) in [5.74, 6) is 0.783. The zero-order valence-corrected chi connectivity index (χ0v) is 12.9. The van der Waals surface area contributed by atoms with Gasteiger partial charge in [0.1, 0.15) is 0 Å². The maximum atomic E-state index is 10.2. The second kappa shape index (κ2) is 8.34. The van der Waals surface area contributed by atoms with Crippen LogP contribution in [0.5, 0.6) is 0 Å². The molecule has 2 nitrogen and oxygen atoms in total. The quantitative estimate of drug-likeness (QED) is 0.771. The van der Waals surface area contributed by atoms with Crippen LogP contribution in [-0.2, 0) is 0 Å². The molecule has 0 bridgehead atoms. The van der Waals surface area contributed by atoms with Crippen LogP contribution in [0.1, 0.15) is 50.3 Å². The zero-order valence-electron chi connectivity index (χ0n) is 12.9. The summed E-state index contributed by atoms with van der Waals surface area (Å²) in [5, 5.41) is 10.2. The highest BCUT2D eigenvalue weighted by molar-refractivity contribution is 5.27. The Labute approximate surface area is 118 Å². The van der Waals surface area contributed by atoms with Gasteiger partial charge in [-0.2, -0.15) is 0 Å². The van der Waals surface area contributed by atoms with Gasteiger partial charge < -0.3 is 10.0 Å². The van der Waals surface area contributed by atoms with Gasteiger partial charge in [-0.1, -0.05) is 38.1 Å². The molecule has 2 heteroatoms. The van der Waals surface area contributed by atoms with Crippen LogP contribution in [0.15, 0.2) is 24.3 Å². The van der Waals surface area contributed by atoms with Crippen molar-refractivity contribution in [1.82, 2.24) is 4.90 Å². The van der Waals surface area contributed by atoms with E-state index in [9.17, 15) is 5.11 Å². The molecule has 1 aromatic rings. The fraction of sp³-hybridized carbons (Fsp3) is 0.647. The van der Waals surface area contributed by atoms with Crippen LogP contribution in [0.3, 0.4) is 0 Å². The van der Waals surface area contributed by atoms with Gasteiger partial charge in [0.15, 0.2) is 0 Å². The van der Waals surface area contributed by atoms with Crippen molar-refractivity contribution in [2.45, 2.75) is 46.1 Å². The van der Waals surface area contributed by atoms with Gasteiger partial charge in [0.25, 0.3) is 0 Å². The molecule has 0 fully saturated rings. The fourth-order valence-corrected chi connectivity index (χ4v) is 2.34. The second-order valence-corrected chi connectivity index (χ2v) is 6.00. The van der Waals surface area contributed by atoms with Crippen LogP contribution in [0.2, 0.25) is 0 Å². The Hall–Kier alpha value is -0.860. The van der Waals surface area contributed by atoms with Crippen LogP contribution in [-0.4, -0.2) is 30.1 Å². The fourth-order valence-electron chi connectivity index (χ4n) is 2.34. The maximum absolute atomic E-state index is 10.2. The van der Waals surface area contributed by atoms with Gasteiger partial charge in [0.2, 0.25) is 0 Å². The predicted molar refractivity (Wildman–Crippen MR) is 82.3 cm³/mol. The van der Waals surface area contributed by atoms with Gasteiger partial charge in [-0.15, -0.1) is 0 Å². The van der Waals surface area contributed by atoms with Crippen molar-refractivity contribution >= 4 is 0 Å². The number of nitrogens with zero attached hydrogens (tertiary/aromatic N) is 1. The van der Waals surface area contributed by atoms with Gasteiger partial charge in [-0.05, 0) is 56.8 Å². The van der Waals surface area contributed by atoms with E-state index in [2.05, 4.69) is 38.8 Å². The first-order chi connectivity index (χ1) is 9.00. The molecule has 1 unspecified atom stereocenters. The Balaban J connectivity index is 2.30. The number of aliphatic hydroxyl groups excluding tert-OH is 1. The van der Waals surface area contributed by atoms with Crippen molar-refractivity contribution in [3.8, 4) is 0 Å². The smallest absolute Gasteiger partial charge is 0.0804 e. The first-order valence-electron chi connectivity index (χ1n) is 7.43. The highest BCUT2D eigenvalue weighted by Crippen LogP contribution is 2.20. The minimum absolute atomic E-state index is 0.339. The normalized spacial score (nSPS) is 13.2. The lowest BCUT2D eigenvalue weighted by atomic mass is 10.0. The number of hydrogen-bond acceptors (Lipinski definition) is 2. The van der Waals surface area contributed by atoms with Crippen LogP contribution < -0.4 is 0 Å². The summed E-state index contributed by atoms with van der Waals surface area (Å²) < 4.78 is 0. The van der Waals surface area contributed by atoms with E-state index in [0.717, 1.165) is 31.0 Å². The predicted octanol–water partition coefficient (Wildman–Crippen LogP) is 3.79. The summed E-state index contributed by atoms with van der Waals surface area (Å²) in [6.07, 6.45) is 3.00. The Morgan fingerprint density at radius 3 is 2.42 bits per heavy atom. The summed E-state index contributed by atoms with van der Waals surface area (Å²) in [7, 11) is 2.14. The van der Waals surface area contributed by atoms with E-state index in [1.807, 2.05) is 18.2 Å². The molecule has 0 saturated heterocycles. The van der Waals surface area contributed by atoms with Gasteiger partial charge in [-0.25, -0.2) is 0 Å². The second-order valence-electron chi connectivity index (χ2n) is 6.00. The van der Waals surface area contributed by atoms with Crippen LogP contribution in [0.4, 0.5) is 0 Å². The summed E-state index contributed by atoms with van der Waals surface area (Å²) in [6.45, 7) is 8.67. The molecule has 0 aromatic heterocycles. The molecule has 0 radical (unpaired) electrons. The van der Waals surface area contributed by atoms with E-state index in [1.165, 1.54) is 18.4 Å². The molecule has 1 atom stereocenters. The van der Waals surface area contributed by atoms with Crippen molar-refractivity contribution in [2.24, 2.45) is 5.92 Å². The van der Waals surface area contributed by atoms with Crippen molar-refractivity contribution in [1.29, 1.82) is 0 Å². The molecule has 0 spiro atoms. The standard InChI is InChI=1S/C17H29NO/c1-14(2)8-7-12-18(4)13-11-17(19)16-10-6-5-9-15(16)3/h5-6,9-10,14,17,19H,7-8,11-13H2,1-4H3. The van der Waals surface area contributed by atoms with Crippen molar-refractivity contribution in [2.75, 3.05) is 20.1 Å². The lowest BCUT2D eigenvalue weighted by molar-refractivity contribution is 0.148. The number of aliphatic hydroxyl groups is 1. The van der Waals surface area contributed by atoms with Crippen LogP contribution in [0.25, 0.3) is 0 Å². The summed E-state index contributed by atoms with van der Waals surface area (Å²) in [5.41, 5.74) is 2.25. The first-order valence-corrected chi connectivity index (χ1v) is 7.43. The van der Waals surface area contributed by atoms with Gasteiger partial charge in [0.05, 0.1) is 6.10 Å². The third-order valence-electron chi connectivity index (χ3n) is 3.65. The molecule has 0 heterocycles. The monoisotopic (exact) mass is 263 g/mol. The Morgan fingerprint density at radius 2 is 1.79 bits per heavy atom. The van der Waals surface area contributed by atoms with E-state index >= 15 is 0 Å². The molecular formula is C17H29NO. The third-order valence-corrected chi connectivity index (χ3v) is 3.65. The molecule has 0 saturated carbocycles. The molecule has 1 aromatic carbocycles. The number of rotatable bonds is 8. The molecule has 108 valence electrons. The Kier molecular flexibility index (Phi) is 7.11.